The Morgan fingerprint density at radius 3 is 2.42 bits per heavy atom. The lowest BCUT2D eigenvalue weighted by atomic mass is 9.88. The third-order valence-corrected chi connectivity index (χ3v) is 7.85. The van der Waals surface area contributed by atoms with Crippen LogP contribution in [0.5, 0.6) is 5.75 Å². The number of unbranched alkanes of at least 4 members (excludes halogenated alkanes) is 1. The molecule has 2 aliphatic heterocycles. The second kappa shape index (κ2) is 13.2. The zero-order valence-electron chi connectivity index (χ0n) is 22.1. The van der Waals surface area contributed by atoms with Gasteiger partial charge in [-0.05, 0) is 56.2 Å². The van der Waals surface area contributed by atoms with Gasteiger partial charge in [0.1, 0.15) is 5.75 Å². The largest absolute Gasteiger partial charge is 0.494 e. The lowest BCUT2D eigenvalue weighted by molar-refractivity contribution is -0.262. The van der Waals surface area contributed by atoms with Crippen LogP contribution in [-0.4, -0.2) is 66.9 Å². The minimum absolute atomic E-state index is 0.00960. The van der Waals surface area contributed by atoms with Crippen LogP contribution in [0.15, 0.2) is 48.5 Å². The molecule has 2 aliphatic rings. The molecule has 0 aliphatic carbocycles. The Morgan fingerprint density at radius 1 is 1.07 bits per heavy atom. The van der Waals surface area contributed by atoms with Gasteiger partial charge >= 0.3 is 6.18 Å². The molecule has 0 spiro atoms. The summed E-state index contributed by atoms with van der Waals surface area (Å²) in [5.41, 5.74) is -3.66. The number of carbonyl (C=O) groups excluding carboxylic acids is 2. The number of nitrogens with zero attached hydrogens (tertiary/aromatic N) is 1. The van der Waals surface area contributed by atoms with Crippen molar-refractivity contribution in [2.45, 2.75) is 56.3 Å². The van der Waals surface area contributed by atoms with Gasteiger partial charge in [0.05, 0.1) is 29.8 Å². The van der Waals surface area contributed by atoms with E-state index in [-0.39, 0.29) is 31.0 Å². The van der Waals surface area contributed by atoms with Gasteiger partial charge in [-0.15, -0.1) is 0 Å². The number of nitrogens with one attached hydrogen (secondary N) is 1. The van der Waals surface area contributed by atoms with Crippen LogP contribution in [0.2, 0.25) is 5.02 Å². The van der Waals surface area contributed by atoms with Crippen LogP contribution in [0.1, 0.15) is 54.4 Å². The van der Waals surface area contributed by atoms with E-state index < -0.39 is 23.2 Å². The molecule has 0 radical (unpaired) electrons. The Balaban J connectivity index is 1.18. The van der Waals surface area contributed by atoms with E-state index >= 15 is 0 Å². The van der Waals surface area contributed by atoms with Crippen LogP contribution in [0.25, 0.3) is 0 Å². The number of hydrogen-bond donors (Lipinski definition) is 2. The lowest BCUT2D eigenvalue weighted by Crippen LogP contribution is -2.57. The molecule has 2 saturated heterocycles. The summed E-state index contributed by atoms with van der Waals surface area (Å²) in [7, 11) is 0. The minimum Gasteiger partial charge on any atom is -0.494 e. The van der Waals surface area contributed by atoms with Gasteiger partial charge in [0.2, 0.25) is 0 Å². The number of benzene rings is 2. The first-order valence-electron chi connectivity index (χ1n) is 13.5. The highest BCUT2D eigenvalue weighted by molar-refractivity contribution is 6.34. The van der Waals surface area contributed by atoms with Gasteiger partial charge in [0.25, 0.3) is 17.4 Å². The number of halogens is 4. The molecule has 1 unspecified atom stereocenters. The number of hydrogen-bond acceptors (Lipinski definition) is 5. The first kappa shape index (κ1) is 30.1. The summed E-state index contributed by atoms with van der Waals surface area (Å²) in [6.07, 6.45) is -0.738. The fourth-order valence-corrected chi connectivity index (χ4v) is 5.40. The maximum Gasteiger partial charge on any atom is 0.430 e. The van der Waals surface area contributed by atoms with Gasteiger partial charge in [-0.2, -0.15) is 13.2 Å². The third-order valence-electron chi connectivity index (χ3n) is 7.54. The quantitative estimate of drug-likeness (QED) is 0.381. The lowest BCUT2D eigenvalue weighted by Gasteiger charge is -2.38. The summed E-state index contributed by atoms with van der Waals surface area (Å²) < 4.78 is 52.6. The van der Waals surface area contributed by atoms with E-state index in [9.17, 15) is 27.9 Å². The topological polar surface area (TPSA) is 88.1 Å². The molecular formula is C29H34ClF3N2O5. The fourth-order valence-electron chi connectivity index (χ4n) is 5.15. The monoisotopic (exact) mass is 582 g/mol. The van der Waals surface area contributed by atoms with E-state index in [1.54, 1.807) is 18.2 Å². The van der Waals surface area contributed by atoms with Gasteiger partial charge in [0, 0.05) is 25.3 Å². The summed E-state index contributed by atoms with van der Waals surface area (Å²) >= 11 is 6.30. The van der Waals surface area contributed by atoms with E-state index in [2.05, 4.69) is 5.32 Å². The molecule has 2 fully saturated rings. The summed E-state index contributed by atoms with van der Waals surface area (Å²) in [6.45, 7) is 1.91. The number of piperidine rings is 1. The van der Waals surface area contributed by atoms with Crippen LogP contribution in [-0.2, 0) is 15.1 Å². The van der Waals surface area contributed by atoms with E-state index in [4.69, 9.17) is 21.1 Å². The van der Waals surface area contributed by atoms with Gasteiger partial charge in [-0.3, -0.25) is 9.59 Å². The fraction of sp³-hybridized carbons (Fsp3) is 0.517. The average molecular weight is 583 g/mol. The molecule has 40 heavy (non-hydrogen) atoms. The summed E-state index contributed by atoms with van der Waals surface area (Å²) in [5, 5.41) is 13.8. The smallest absolute Gasteiger partial charge is 0.430 e. The molecule has 2 aromatic rings. The molecule has 0 aromatic heterocycles. The molecule has 0 saturated carbocycles. The second-order valence-electron chi connectivity index (χ2n) is 10.3. The standard InChI is InChI=1S/C29H34ClF3N2O5/c30-25-18-23(9-10-24(25)26(36)34-22-13-17-39-19-22)40-16-5-4-6-20-11-14-35(15-12-20)27(37)28(38,29(31,32)33)21-7-2-1-3-8-21/h1-3,7-10,18,20,22,38H,4-6,11-17,19H2,(H,34,36)/t22-,28?/m0/s1. The van der Waals surface area contributed by atoms with Crippen LogP contribution in [0.4, 0.5) is 13.2 Å². The van der Waals surface area contributed by atoms with Crippen molar-refractivity contribution in [1.82, 2.24) is 10.2 Å². The molecular weight excluding hydrogens is 549 g/mol. The van der Waals surface area contributed by atoms with Crippen molar-refractivity contribution in [2.75, 3.05) is 32.9 Å². The average Bonchev–Trinajstić information content (AvgIpc) is 3.45. The highest BCUT2D eigenvalue weighted by atomic mass is 35.5. The normalized spacial score (nSPS) is 19.7. The van der Waals surface area contributed by atoms with Crippen molar-refractivity contribution in [1.29, 1.82) is 0 Å². The predicted octanol–water partition coefficient (Wildman–Crippen LogP) is 5.10. The predicted molar refractivity (Wildman–Crippen MR) is 143 cm³/mol. The van der Waals surface area contributed by atoms with E-state index in [1.807, 2.05) is 0 Å². The van der Waals surface area contributed by atoms with Crippen molar-refractivity contribution in [3.8, 4) is 5.75 Å². The Morgan fingerprint density at radius 2 is 1.80 bits per heavy atom. The van der Waals surface area contributed by atoms with Crippen molar-refractivity contribution in [3.05, 3.63) is 64.7 Å². The molecule has 2 heterocycles. The number of carbonyl (C=O) groups is 2. The molecule has 4 rings (SSSR count). The van der Waals surface area contributed by atoms with Gasteiger partial charge in [-0.1, -0.05) is 48.4 Å². The number of likely N-dealkylation sites (tertiary alicyclic amines) is 1. The van der Waals surface area contributed by atoms with Gasteiger partial charge in [0.15, 0.2) is 0 Å². The van der Waals surface area contributed by atoms with Gasteiger partial charge < -0.3 is 24.8 Å². The SMILES string of the molecule is O=C(N[C@H]1CCOC1)c1ccc(OCCCCC2CCN(C(=O)C(O)(c3ccccc3)C(F)(F)F)CC2)cc1Cl. The maximum absolute atomic E-state index is 13.8. The first-order valence-corrected chi connectivity index (χ1v) is 13.9. The van der Waals surface area contributed by atoms with Crippen LogP contribution >= 0.6 is 11.6 Å². The first-order chi connectivity index (χ1) is 19.1. The summed E-state index contributed by atoms with van der Waals surface area (Å²) in [6, 6.07) is 11.4. The van der Waals surface area contributed by atoms with Crippen molar-refractivity contribution in [2.24, 2.45) is 5.92 Å². The number of rotatable bonds is 10. The molecule has 0 bridgehead atoms. The number of alkyl halides is 3. The zero-order chi connectivity index (χ0) is 28.8. The second-order valence-corrected chi connectivity index (χ2v) is 10.7. The molecule has 7 nitrogen and oxygen atoms in total. The molecule has 218 valence electrons. The molecule has 11 heteroatoms. The van der Waals surface area contributed by atoms with Crippen molar-refractivity contribution >= 4 is 23.4 Å². The number of ether oxygens (including phenoxy) is 2. The molecule has 2 amide bonds. The molecule has 2 N–H and O–H groups in total. The highest BCUT2D eigenvalue weighted by Gasteiger charge is 2.62. The Bertz CT molecular complexity index is 1150. The van der Waals surface area contributed by atoms with Crippen molar-refractivity contribution < 1.29 is 37.3 Å². The maximum atomic E-state index is 13.8. The summed E-state index contributed by atoms with van der Waals surface area (Å²) in [5.74, 6) is -0.735. The summed E-state index contributed by atoms with van der Waals surface area (Å²) in [4.78, 5) is 26.4. The van der Waals surface area contributed by atoms with Gasteiger partial charge in [-0.25, -0.2) is 0 Å². The molecule has 2 aromatic carbocycles. The van der Waals surface area contributed by atoms with E-state index in [1.165, 1.54) is 18.2 Å². The highest BCUT2D eigenvalue weighted by Crippen LogP contribution is 2.41. The third kappa shape index (κ3) is 7.08. The van der Waals surface area contributed by atoms with E-state index in [0.717, 1.165) is 42.7 Å². The minimum atomic E-state index is -5.13. The van der Waals surface area contributed by atoms with Crippen LogP contribution in [0, 0.1) is 5.92 Å². The molecule has 2 atom stereocenters. The Labute approximate surface area is 236 Å². The zero-order valence-corrected chi connectivity index (χ0v) is 22.8. The van der Waals surface area contributed by atoms with Crippen LogP contribution in [0.3, 0.4) is 0 Å². The van der Waals surface area contributed by atoms with Crippen molar-refractivity contribution in [3.63, 3.8) is 0 Å². The number of aliphatic hydroxyl groups is 1. The van der Waals surface area contributed by atoms with E-state index in [0.29, 0.717) is 49.0 Å². The Hall–Kier alpha value is -2.82. The number of amides is 2. The van der Waals surface area contributed by atoms with Crippen LogP contribution < -0.4 is 10.1 Å². The Kier molecular flexibility index (Phi) is 9.97.